The first-order valence-corrected chi connectivity index (χ1v) is 7.50. The van der Waals surface area contributed by atoms with Crippen molar-refractivity contribution in [3.63, 3.8) is 0 Å². The molecule has 1 aliphatic rings. The Kier molecular flexibility index (Phi) is 4.11. The van der Waals surface area contributed by atoms with Gasteiger partial charge in [-0.05, 0) is 19.1 Å². The summed E-state index contributed by atoms with van der Waals surface area (Å²) in [4.78, 5) is 12.1. The van der Waals surface area contributed by atoms with Gasteiger partial charge in [0.2, 0.25) is 0 Å². The summed E-state index contributed by atoms with van der Waals surface area (Å²) < 4.78 is 39.2. The van der Waals surface area contributed by atoms with Gasteiger partial charge in [0.25, 0.3) is 5.91 Å². The fourth-order valence-electron chi connectivity index (χ4n) is 2.75. The molecule has 1 aromatic carbocycles. The number of aliphatic hydroxyl groups is 1. The van der Waals surface area contributed by atoms with Gasteiger partial charge >= 0.3 is 6.18 Å². The standard InChI is InChI=1S/C16H15F3N4O2/c1-9-8-11(16(17,18)19)13(23-22-9)20-7-6-15(25)10-4-2-3-5-12(10)21-14(15)24/h2-5,8,25H,6-7H2,1H3,(H,20,23)(H,21,24). The molecule has 25 heavy (non-hydrogen) atoms. The first-order chi connectivity index (χ1) is 11.7. The zero-order valence-electron chi connectivity index (χ0n) is 13.2. The van der Waals surface area contributed by atoms with E-state index in [0.717, 1.165) is 6.07 Å². The highest BCUT2D eigenvalue weighted by Gasteiger charge is 2.44. The fourth-order valence-corrected chi connectivity index (χ4v) is 2.75. The minimum Gasteiger partial charge on any atom is -0.375 e. The zero-order chi connectivity index (χ0) is 18.2. The van der Waals surface area contributed by atoms with Crippen molar-refractivity contribution in [2.24, 2.45) is 0 Å². The SMILES string of the molecule is Cc1cc(C(F)(F)F)c(NCCC2(O)C(=O)Nc3ccccc32)nn1. The highest BCUT2D eigenvalue weighted by molar-refractivity contribution is 6.04. The Morgan fingerprint density at radius 1 is 1.28 bits per heavy atom. The maximum atomic E-state index is 13.1. The predicted octanol–water partition coefficient (Wildman–Crippen LogP) is 2.45. The van der Waals surface area contributed by atoms with E-state index in [9.17, 15) is 23.1 Å². The highest BCUT2D eigenvalue weighted by Crippen LogP contribution is 2.38. The maximum Gasteiger partial charge on any atom is 0.420 e. The Morgan fingerprint density at radius 2 is 2.00 bits per heavy atom. The van der Waals surface area contributed by atoms with Gasteiger partial charge in [0.15, 0.2) is 11.4 Å². The van der Waals surface area contributed by atoms with Crippen molar-refractivity contribution in [1.82, 2.24) is 10.2 Å². The normalized spacial score (nSPS) is 19.5. The zero-order valence-corrected chi connectivity index (χ0v) is 13.2. The average molecular weight is 352 g/mol. The summed E-state index contributed by atoms with van der Waals surface area (Å²) in [5.41, 5.74) is -1.72. The number of halogens is 3. The second kappa shape index (κ2) is 5.99. The number of hydrogen-bond acceptors (Lipinski definition) is 5. The van der Waals surface area contributed by atoms with Crippen molar-refractivity contribution in [2.45, 2.75) is 25.1 Å². The van der Waals surface area contributed by atoms with E-state index in [1.54, 1.807) is 24.3 Å². The monoisotopic (exact) mass is 352 g/mol. The molecule has 0 bridgehead atoms. The molecule has 1 amide bonds. The van der Waals surface area contributed by atoms with E-state index in [2.05, 4.69) is 20.8 Å². The largest absolute Gasteiger partial charge is 0.420 e. The number of amides is 1. The summed E-state index contributed by atoms with van der Waals surface area (Å²) in [5.74, 6) is -1.05. The van der Waals surface area contributed by atoms with Gasteiger partial charge in [0.1, 0.15) is 5.56 Å². The lowest BCUT2D eigenvalue weighted by Crippen LogP contribution is -2.36. The molecule has 2 aromatic rings. The van der Waals surface area contributed by atoms with Gasteiger partial charge < -0.3 is 15.7 Å². The van der Waals surface area contributed by atoms with Gasteiger partial charge in [0, 0.05) is 24.2 Å². The predicted molar refractivity (Wildman–Crippen MR) is 83.8 cm³/mol. The molecule has 0 aliphatic carbocycles. The first-order valence-electron chi connectivity index (χ1n) is 7.50. The number of benzene rings is 1. The number of hydrogen-bond donors (Lipinski definition) is 3. The number of carbonyl (C=O) groups excluding carboxylic acids is 1. The summed E-state index contributed by atoms with van der Waals surface area (Å²) in [7, 11) is 0. The molecule has 0 saturated carbocycles. The molecular formula is C16H15F3N4O2. The van der Waals surface area contributed by atoms with Crippen LogP contribution in [-0.2, 0) is 16.6 Å². The van der Waals surface area contributed by atoms with Crippen molar-refractivity contribution < 1.29 is 23.1 Å². The second-order valence-corrected chi connectivity index (χ2v) is 5.78. The van der Waals surface area contributed by atoms with Crippen molar-refractivity contribution in [2.75, 3.05) is 17.2 Å². The lowest BCUT2D eigenvalue weighted by molar-refractivity contribution is -0.137. The number of para-hydroxylation sites is 1. The number of fused-ring (bicyclic) bond motifs is 1. The Hall–Kier alpha value is -2.68. The van der Waals surface area contributed by atoms with E-state index in [4.69, 9.17) is 0 Å². The number of aryl methyl sites for hydroxylation is 1. The van der Waals surface area contributed by atoms with Crippen LogP contribution in [0, 0.1) is 6.92 Å². The van der Waals surface area contributed by atoms with Gasteiger partial charge in [0.05, 0.1) is 5.69 Å². The van der Waals surface area contributed by atoms with Crippen LogP contribution in [0.4, 0.5) is 24.7 Å². The lowest BCUT2D eigenvalue weighted by atomic mass is 9.92. The Morgan fingerprint density at radius 3 is 2.72 bits per heavy atom. The Balaban J connectivity index is 1.77. The summed E-state index contributed by atoms with van der Waals surface area (Å²) in [5, 5.41) is 22.9. The molecule has 1 unspecified atom stereocenters. The highest BCUT2D eigenvalue weighted by atomic mass is 19.4. The molecule has 1 aromatic heterocycles. The minimum atomic E-state index is -4.59. The van der Waals surface area contributed by atoms with E-state index in [-0.39, 0.29) is 18.7 Å². The summed E-state index contributed by atoms with van der Waals surface area (Å²) in [6, 6.07) is 7.51. The van der Waals surface area contributed by atoms with Gasteiger partial charge in [-0.25, -0.2) is 0 Å². The molecule has 1 aliphatic heterocycles. The molecule has 132 valence electrons. The van der Waals surface area contributed by atoms with Gasteiger partial charge in [-0.3, -0.25) is 4.79 Å². The van der Waals surface area contributed by atoms with E-state index >= 15 is 0 Å². The lowest BCUT2D eigenvalue weighted by Gasteiger charge is -2.21. The van der Waals surface area contributed by atoms with Crippen LogP contribution in [-0.4, -0.2) is 27.8 Å². The van der Waals surface area contributed by atoms with E-state index in [0.29, 0.717) is 11.3 Å². The molecule has 2 heterocycles. The molecule has 1 atom stereocenters. The number of aromatic nitrogens is 2. The summed E-state index contributed by atoms with van der Waals surface area (Å²) >= 11 is 0. The first kappa shape index (κ1) is 17.2. The minimum absolute atomic E-state index is 0.0981. The molecule has 6 nitrogen and oxygen atoms in total. The van der Waals surface area contributed by atoms with E-state index in [1.165, 1.54) is 6.92 Å². The molecule has 3 rings (SSSR count). The quantitative estimate of drug-likeness (QED) is 0.787. The molecule has 3 N–H and O–H groups in total. The van der Waals surface area contributed by atoms with Crippen LogP contribution in [0.1, 0.15) is 23.2 Å². The second-order valence-electron chi connectivity index (χ2n) is 5.78. The fraction of sp³-hybridized carbons (Fsp3) is 0.312. The number of alkyl halides is 3. The topological polar surface area (TPSA) is 87.1 Å². The van der Waals surface area contributed by atoms with Crippen molar-refractivity contribution in [3.8, 4) is 0 Å². The third kappa shape index (κ3) is 3.14. The van der Waals surface area contributed by atoms with Crippen molar-refractivity contribution in [1.29, 1.82) is 0 Å². The van der Waals surface area contributed by atoms with Crippen LogP contribution in [0.5, 0.6) is 0 Å². The van der Waals surface area contributed by atoms with Gasteiger partial charge in [-0.2, -0.15) is 18.3 Å². The van der Waals surface area contributed by atoms with Crippen LogP contribution in [0.15, 0.2) is 30.3 Å². The molecule has 0 radical (unpaired) electrons. The summed E-state index contributed by atoms with van der Waals surface area (Å²) in [6.07, 6.45) is -4.71. The summed E-state index contributed by atoms with van der Waals surface area (Å²) in [6.45, 7) is 1.31. The molecule has 0 fully saturated rings. The maximum absolute atomic E-state index is 13.1. The molecule has 0 spiro atoms. The number of anilines is 2. The van der Waals surface area contributed by atoms with Crippen molar-refractivity contribution >= 4 is 17.4 Å². The number of carbonyl (C=O) groups is 1. The van der Waals surface area contributed by atoms with Crippen LogP contribution in [0.2, 0.25) is 0 Å². The Bertz CT molecular complexity index is 825. The number of rotatable bonds is 4. The van der Waals surface area contributed by atoms with Gasteiger partial charge in [-0.15, -0.1) is 5.10 Å². The molecule has 9 heteroatoms. The Labute approximate surface area is 141 Å². The van der Waals surface area contributed by atoms with Crippen LogP contribution < -0.4 is 10.6 Å². The van der Waals surface area contributed by atoms with Crippen LogP contribution in [0.25, 0.3) is 0 Å². The van der Waals surface area contributed by atoms with E-state index in [1.807, 2.05) is 0 Å². The smallest absolute Gasteiger partial charge is 0.375 e. The van der Waals surface area contributed by atoms with Crippen LogP contribution in [0.3, 0.4) is 0 Å². The third-order valence-electron chi connectivity index (χ3n) is 4.00. The third-order valence-corrected chi connectivity index (χ3v) is 4.00. The number of nitrogens with one attached hydrogen (secondary N) is 2. The van der Waals surface area contributed by atoms with Crippen molar-refractivity contribution in [3.05, 3.63) is 47.2 Å². The average Bonchev–Trinajstić information content (AvgIpc) is 2.79. The molecular weight excluding hydrogens is 337 g/mol. The van der Waals surface area contributed by atoms with Crippen LogP contribution >= 0.6 is 0 Å². The van der Waals surface area contributed by atoms with E-state index < -0.39 is 29.1 Å². The molecule has 0 saturated heterocycles. The number of nitrogens with zero attached hydrogens (tertiary/aromatic N) is 2. The van der Waals surface area contributed by atoms with Gasteiger partial charge in [-0.1, -0.05) is 18.2 Å².